The highest BCUT2D eigenvalue weighted by atomic mass is 35.5. The lowest BCUT2D eigenvalue weighted by molar-refractivity contribution is 0.573. The van der Waals surface area contributed by atoms with Gasteiger partial charge in [-0.2, -0.15) is 0 Å². The van der Waals surface area contributed by atoms with Crippen LogP contribution in [0.15, 0.2) is 24.3 Å². The molecule has 1 aromatic carbocycles. The van der Waals surface area contributed by atoms with Crippen molar-refractivity contribution in [2.45, 2.75) is 58.3 Å². The van der Waals surface area contributed by atoms with Gasteiger partial charge in [0.1, 0.15) is 0 Å². The summed E-state index contributed by atoms with van der Waals surface area (Å²) in [5.74, 6) is 0. The molecule has 1 aromatic rings. The van der Waals surface area contributed by atoms with Gasteiger partial charge in [0.2, 0.25) is 0 Å². The summed E-state index contributed by atoms with van der Waals surface area (Å²) in [6, 6.07) is 7.62. The van der Waals surface area contributed by atoms with Crippen molar-refractivity contribution in [3.05, 3.63) is 29.3 Å². The van der Waals surface area contributed by atoms with Gasteiger partial charge in [-0.15, -0.1) is 0 Å². The normalized spacial score (nSPS) is 10.4. The van der Waals surface area contributed by atoms with Crippen molar-refractivity contribution < 1.29 is 0 Å². The minimum absolute atomic E-state index is 0.644. The molecule has 4 heteroatoms. The fraction of sp³-hybridized carbons (Fsp3) is 0.588. The Kier molecular flexibility index (Phi) is 10.3. The molecular formula is C17H27ClN2S. The second-order valence-corrected chi connectivity index (χ2v) is 6.15. The zero-order valence-corrected chi connectivity index (χ0v) is 14.5. The number of nitrogens with one attached hydrogen (secondary N) is 2. The molecule has 0 amide bonds. The van der Waals surface area contributed by atoms with Crippen molar-refractivity contribution in [2.24, 2.45) is 0 Å². The van der Waals surface area contributed by atoms with E-state index in [1.54, 1.807) is 0 Å². The predicted octanol–water partition coefficient (Wildman–Crippen LogP) is 5.77. The summed E-state index contributed by atoms with van der Waals surface area (Å²) < 4.78 is 0. The van der Waals surface area contributed by atoms with Crippen LogP contribution in [0, 0.1) is 0 Å². The Bertz CT molecular complexity index is 410. The molecule has 2 N–H and O–H groups in total. The monoisotopic (exact) mass is 326 g/mol. The summed E-state index contributed by atoms with van der Waals surface area (Å²) in [4.78, 5) is 0. The van der Waals surface area contributed by atoms with E-state index in [9.17, 15) is 0 Å². The lowest BCUT2D eigenvalue weighted by atomic mass is 10.1. The Morgan fingerprint density at radius 1 is 1.00 bits per heavy atom. The van der Waals surface area contributed by atoms with E-state index >= 15 is 0 Å². The highest BCUT2D eigenvalue weighted by Gasteiger charge is 2.00. The molecule has 0 radical (unpaired) electrons. The summed E-state index contributed by atoms with van der Waals surface area (Å²) in [5, 5.41) is 7.69. The third kappa shape index (κ3) is 8.94. The van der Waals surface area contributed by atoms with Crippen LogP contribution in [0.3, 0.4) is 0 Å². The van der Waals surface area contributed by atoms with Gasteiger partial charge in [0.05, 0.1) is 10.7 Å². The average molecular weight is 327 g/mol. The van der Waals surface area contributed by atoms with Crippen LogP contribution in [-0.4, -0.2) is 11.7 Å². The molecule has 0 aliphatic carbocycles. The number of unbranched alkanes of at least 4 members (excludes halogenated alkanes) is 7. The van der Waals surface area contributed by atoms with Gasteiger partial charge < -0.3 is 10.6 Å². The number of benzene rings is 1. The molecule has 0 bridgehead atoms. The zero-order chi connectivity index (χ0) is 15.3. The van der Waals surface area contributed by atoms with Crippen LogP contribution in [0.25, 0.3) is 0 Å². The molecule has 0 saturated carbocycles. The number of para-hydroxylation sites is 1. The molecule has 118 valence electrons. The van der Waals surface area contributed by atoms with E-state index in [1.807, 2.05) is 24.3 Å². The number of halogens is 1. The summed E-state index contributed by atoms with van der Waals surface area (Å²) >= 11 is 11.3. The third-order valence-corrected chi connectivity index (χ3v) is 4.01. The third-order valence-electron chi connectivity index (χ3n) is 3.44. The van der Waals surface area contributed by atoms with Crippen LogP contribution in [0.2, 0.25) is 5.02 Å². The van der Waals surface area contributed by atoms with E-state index < -0.39 is 0 Å². The zero-order valence-electron chi connectivity index (χ0n) is 13.0. The lowest BCUT2D eigenvalue weighted by Gasteiger charge is -2.11. The topological polar surface area (TPSA) is 24.1 Å². The maximum absolute atomic E-state index is 6.07. The fourth-order valence-electron chi connectivity index (χ4n) is 2.19. The average Bonchev–Trinajstić information content (AvgIpc) is 2.48. The molecule has 0 unspecified atom stereocenters. The Morgan fingerprint density at radius 2 is 1.62 bits per heavy atom. The Hall–Kier alpha value is -0.800. The van der Waals surface area contributed by atoms with Gasteiger partial charge in [-0.3, -0.25) is 0 Å². The molecule has 21 heavy (non-hydrogen) atoms. The minimum atomic E-state index is 0.644. The predicted molar refractivity (Wildman–Crippen MR) is 98.3 cm³/mol. The van der Waals surface area contributed by atoms with Crippen molar-refractivity contribution in [2.75, 3.05) is 11.9 Å². The van der Waals surface area contributed by atoms with E-state index in [4.69, 9.17) is 23.8 Å². The van der Waals surface area contributed by atoms with Gasteiger partial charge in [-0.1, -0.05) is 75.6 Å². The van der Waals surface area contributed by atoms with Gasteiger partial charge in [-0.05, 0) is 30.8 Å². The maximum atomic E-state index is 6.07. The Balaban J connectivity index is 2.00. The van der Waals surface area contributed by atoms with Crippen LogP contribution in [0.4, 0.5) is 5.69 Å². The number of rotatable bonds is 10. The lowest BCUT2D eigenvalue weighted by Crippen LogP contribution is -2.29. The van der Waals surface area contributed by atoms with Crippen molar-refractivity contribution >= 4 is 34.6 Å². The van der Waals surface area contributed by atoms with E-state index in [0.29, 0.717) is 10.1 Å². The summed E-state index contributed by atoms with van der Waals surface area (Å²) in [6.07, 6.45) is 10.6. The standard InChI is InChI=1S/C17H27ClN2S/c1-2-3-4-5-6-7-8-11-14-19-17(21)20-16-13-10-9-12-15(16)18/h9-10,12-13H,2-8,11,14H2,1H3,(H2,19,20,21). The van der Waals surface area contributed by atoms with Gasteiger partial charge in [0, 0.05) is 6.54 Å². The maximum Gasteiger partial charge on any atom is 0.170 e. The Labute approximate surface area is 139 Å². The molecule has 0 aromatic heterocycles. The molecule has 0 fully saturated rings. The largest absolute Gasteiger partial charge is 0.362 e. The molecule has 2 nitrogen and oxygen atoms in total. The fourth-order valence-corrected chi connectivity index (χ4v) is 2.58. The highest BCUT2D eigenvalue weighted by molar-refractivity contribution is 7.80. The van der Waals surface area contributed by atoms with Gasteiger partial charge in [0.25, 0.3) is 0 Å². The number of anilines is 1. The van der Waals surface area contributed by atoms with Crippen molar-refractivity contribution in [1.82, 2.24) is 5.32 Å². The van der Waals surface area contributed by atoms with Crippen LogP contribution >= 0.6 is 23.8 Å². The van der Waals surface area contributed by atoms with Crippen molar-refractivity contribution in [3.8, 4) is 0 Å². The van der Waals surface area contributed by atoms with Crippen LogP contribution in [-0.2, 0) is 0 Å². The van der Waals surface area contributed by atoms with Crippen molar-refractivity contribution in [3.63, 3.8) is 0 Å². The molecular weight excluding hydrogens is 300 g/mol. The smallest absolute Gasteiger partial charge is 0.170 e. The second kappa shape index (κ2) is 11.8. The highest BCUT2D eigenvalue weighted by Crippen LogP contribution is 2.20. The first-order valence-corrected chi connectivity index (χ1v) is 8.82. The molecule has 0 heterocycles. The van der Waals surface area contributed by atoms with Gasteiger partial charge in [-0.25, -0.2) is 0 Å². The first-order chi connectivity index (χ1) is 10.2. The molecule has 0 atom stereocenters. The van der Waals surface area contributed by atoms with Crippen LogP contribution in [0.1, 0.15) is 58.3 Å². The van der Waals surface area contributed by atoms with Gasteiger partial charge in [0.15, 0.2) is 5.11 Å². The summed E-state index contributed by atoms with van der Waals surface area (Å²) in [5.41, 5.74) is 0.854. The van der Waals surface area contributed by atoms with Crippen LogP contribution in [0.5, 0.6) is 0 Å². The second-order valence-electron chi connectivity index (χ2n) is 5.34. The Morgan fingerprint density at radius 3 is 2.29 bits per heavy atom. The van der Waals surface area contributed by atoms with E-state index in [0.717, 1.165) is 18.7 Å². The van der Waals surface area contributed by atoms with E-state index in [2.05, 4.69) is 17.6 Å². The molecule has 0 spiro atoms. The van der Waals surface area contributed by atoms with Gasteiger partial charge >= 0.3 is 0 Å². The molecule has 1 rings (SSSR count). The van der Waals surface area contributed by atoms with E-state index in [-0.39, 0.29) is 0 Å². The molecule has 0 saturated heterocycles. The molecule has 0 aliphatic rings. The van der Waals surface area contributed by atoms with Crippen LogP contribution < -0.4 is 10.6 Å². The SMILES string of the molecule is CCCCCCCCCCNC(=S)Nc1ccccc1Cl. The summed E-state index contributed by atoms with van der Waals surface area (Å²) in [6.45, 7) is 3.18. The molecule has 0 aliphatic heterocycles. The minimum Gasteiger partial charge on any atom is -0.362 e. The summed E-state index contributed by atoms with van der Waals surface area (Å²) in [7, 11) is 0. The number of hydrogen-bond donors (Lipinski definition) is 2. The first-order valence-electron chi connectivity index (χ1n) is 8.03. The number of hydrogen-bond acceptors (Lipinski definition) is 1. The number of thiocarbonyl (C=S) groups is 1. The quantitative estimate of drug-likeness (QED) is 0.422. The van der Waals surface area contributed by atoms with E-state index in [1.165, 1.54) is 44.9 Å². The first kappa shape index (κ1) is 18.2. The van der Waals surface area contributed by atoms with Crippen molar-refractivity contribution in [1.29, 1.82) is 0 Å².